The van der Waals surface area contributed by atoms with Crippen LogP contribution in [-0.2, 0) is 6.54 Å². The molecule has 2 N–H and O–H groups in total. The van der Waals surface area contributed by atoms with E-state index in [0.717, 1.165) is 25.3 Å². The Morgan fingerprint density at radius 1 is 0.958 bits per heavy atom. The third kappa shape index (κ3) is 3.14. The summed E-state index contributed by atoms with van der Waals surface area (Å²) in [7, 11) is 0. The second-order valence-electron chi connectivity index (χ2n) is 6.02. The summed E-state index contributed by atoms with van der Waals surface area (Å²) in [6.45, 7) is 1.82. The predicted molar refractivity (Wildman–Crippen MR) is 96.6 cm³/mol. The fourth-order valence-electron chi connectivity index (χ4n) is 3.15. The second-order valence-corrected chi connectivity index (χ2v) is 6.02. The molecule has 0 saturated heterocycles. The highest BCUT2D eigenvalue weighted by atomic mass is 15.0. The quantitative estimate of drug-likeness (QED) is 0.769. The number of fused-ring (bicyclic) bond motifs is 1. The van der Waals surface area contributed by atoms with Gasteiger partial charge in [-0.1, -0.05) is 30.3 Å². The third-order valence-corrected chi connectivity index (χ3v) is 4.46. The maximum Gasteiger partial charge on any atom is 0.130 e. The Bertz CT molecular complexity index is 799. The fourth-order valence-corrected chi connectivity index (χ4v) is 3.15. The average Bonchev–Trinajstić information content (AvgIpc) is 2.67. The van der Waals surface area contributed by atoms with Gasteiger partial charge in [-0.25, -0.2) is 4.98 Å². The second kappa shape index (κ2) is 6.81. The Morgan fingerprint density at radius 2 is 1.75 bits per heavy atom. The van der Waals surface area contributed by atoms with E-state index in [4.69, 9.17) is 0 Å². The van der Waals surface area contributed by atoms with Gasteiger partial charge in [0.15, 0.2) is 0 Å². The van der Waals surface area contributed by atoms with Gasteiger partial charge in [0, 0.05) is 43.3 Å². The first kappa shape index (κ1) is 14.8. The maximum atomic E-state index is 4.41. The molecule has 4 rings (SSSR count). The molecule has 24 heavy (non-hydrogen) atoms. The lowest BCUT2D eigenvalue weighted by Gasteiger charge is -2.26. The average molecular weight is 316 g/mol. The topological polar surface area (TPSA) is 49.8 Å². The zero-order valence-electron chi connectivity index (χ0n) is 13.4. The molecule has 4 heteroatoms. The van der Waals surface area contributed by atoms with E-state index in [1.54, 1.807) is 0 Å². The molecule has 3 aromatic rings. The largest absolute Gasteiger partial charge is 0.370 e. The van der Waals surface area contributed by atoms with Gasteiger partial charge in [0.1, 0.15) is 5.82 Å². The molecule has 2 aromatic heterocycles. The summed E-state index contributed by atoms with van der Waals surface area (Å²) < 4.78 is 0. The summed E-state index contributed by atoms with van der Waals surface area (Å²) in [5.41, 5.74) is 4.97. The lowest BCUT2D eigenvalue weighted by Crippen LogP contribution is -2.28. The van der Waals surface area contributed by atoms with E-state index in [9.17, 15) is 0 Å². The van der Waals surface area contributed by atoms with Crippen LogP contribution in [0.1, 0.15) is 23.6 Å². The minimum atomic E-state index is 0.356. The van der Waals surface area contributed by atoms with Crippen LogP contribution in [0.15, 0.2) is 67.1 Å². The Labute approximate surface area is 142 Å². The highest BCUT2D eigenvalue weighted by Crippen LogP contribution is 2.28. The van der Waals surface area contributed by atoms with Gasteiger partial charge in [0.25, 0.3) is 0 Å². The van der Waals surface area contributed by atoms with Gasteiger partial charge in [-0.2, -0.15) is 0 Å². The van der Waals surface area contributed by atoms with Crippen LogP contribution < -0.4 is 10.6 Å². The summed E-state index contributed by atoms with van der Waals surface area (Å²) in [5, 5.41) is 7.02. The summed E-state index contributed by atoms with van der Waals surface area (Å²) in [6, 6.07) is 17.3. The van der Waals surface area contributed by atoms with E-state index in [2.05, 4.69) is 50.9 Å². The monoisotopic (exact) mass is 316 g/mol. The van der Waals surface area contributed by atoms with Crippen LogP contribution in [0.25, 0.3) is 11.1 Å². The fraction of sp³-hybridized carbons (Fsp3) is 0.200. The van der Waals surface area contributed by atoms with Gasteiger partial charge < -0.3 is 10.6 Å². The number of nitrogens with zero attached hydrogens (tertiary/aromatic N) is 2. The van der Waals surface area contributed by atoms with E-state index in [-0.39, 0.29) is 0 Å². The molecule has 0 aliphatic carbocycles. The number of anilines is 1. The smallest absolute Gasteiger partial charge is 0.130 e. The van der Waals surface area contributed by atoms with Crippen molar-refractivity contribution in [3.63, 3.8) is 0 Å². The molecule has 1 atom stereocenters. The van der Waals surface area contributed by atoms with Gasteiger partial charge in [-0.3, -0.25) is 4.98 Å². The van der Waals surface area contributed by atoms with Crippen LogP contribution in [0.4, 0.5) is 5.82 Å². The summed E-state index contributed by atoms with van der Waals surface area (Å²) in [4.78, 5) is 8.48. The van der Waals surface area contributed by atoms with Crippen LogP contribution in [0.3, 0.4) is 0 Å². The molecule has 0 amide bonds. The predicted octanol–water partition coefficient (Wildman–Crippen LogP) is 3.79. The van der Waals surface area contributed by atoms with E-state index >= 15 is 0 Å². The van der Waals surface area contributed by atoms with Crippen molar-refractivity contribution in [3.05, 3.63) is 78.2 Å². The van der Waals surface area contributed by atoms with Crippen molar-refractivity contribution in [1.29, 1.82) is 0 Å². The van der Waals surface area contributed by atoms with Crippen molar-refractivity contribution in [2.75, 3.05) is 11.9 Å². The Kier molecular flexibility index (Phi) is 4.21. The number of nitrogens with one attached hydrogen (secondary N) is 2. The molecule has 0 bridgehead atoms. The van der Waals surface area contributed by atoms with Crippen LogP contribution in [-0.4, -0.2) is 16.5 Å². The van der Waals surface area contributed by atoms with Crippen molar-refractivity contribution in [3.8, 4) is 11.1 Å². The van der Waals surface area contributed by atoms with Crippen LogP contribution in [0.2, 0.25) is 0 Å². The first-order valence-electron chi connectivity index (χ1n) is 8.32. The SMILES string of the molecule is c1cnc2c(c1)C(NCc1ccc(-c3ccncc3)cc1)CCN2. The molecule has 1 aliphatic heterocycles. The zero-order valence-corrected chi connectivity index (χ0v) is 13.4. The highest BCUT2D eigenvalue weighted by Gasteiger charge is 2.19. The molecule has 0 spiro atoms. The number of benzene rings is 1. The van der Waals surface area contributed by atoms with Gasteiger partial charge in [0.2, 0.25) is 0 Å². The van der Waals surface area contributed by atoms with Crippen molar-refractivity contribution in [1.82, 2.24) is 15.3 Å². The maximum absolute atomic E-state index is 4.41. The molecule has 1 unspecified atom stereocenters. The Hall–Kier alpha value is -2.72. The molecule has 1 aromatic carbocycles. The van der Waals surface area contributed by atoms with Gasteiger partial charge >= 0.3 is 0 Å². The lowest BCUT2D eigenvalue weighted by molar-refractivity contribution is 0.498. The molecule has 120 valence electrons. The molecule has 0 saturated carbocycles. The lowest BCUT2D eigenvalue weighted by atomic mass is 10.0. The van der Waals surface area contributed by atoms with E-state index in [0.29, 0.717) is 6.04 Å². The molecular formula is C20H20N4. The Balaban J connectivity index is 1.44. The molecule has 0 fully saturated rings. The summed E-state index contributed by atoms with van der Waals surface area (Å²) >= 11 is 0. The van der Waals surface area contributed by atoms with Gasteiger partial charge in [-0.05, 0) is 41.3 Å². The summed E-state index contributed by atoms with van der Waals surface area (Å²) in [5.74, 6) is 1.01. The third-order valence-electron chi connectivity index (χ3n) is 4.46. The standard InChI is InChI=1S/C20H20N4/c1-2-18-19(9-13-23-20(18)22-10-1)24-14-15-3-5-16(6-4-15)17-7-11-21-12-8-17/h1-8,10-12,19,24H,9,13-14H2,(H,22,23). The Morgan fingerprint density at radius 3 is 2.58 bits per heavy atom. The molecule has 1 aliphatic rings. The van der Waals surface area contributed by atoms with Crippen LogP contribution >= 0.6 is 0 Å². The van der Waals surface area contributed by atoms with E-state index in [1.807, 2.05) is 36.8 Å². The minimum absolute atomic E-state index is 0.356. The molecular weight excluding hydrogens is 296 g/mol. The van der Waals surface area contributed by atoms with Crippen molar-refractivity contribution < 1.29 is 0 Å². The number of hydrogen-bond acceptors (Lipinski definition) is 4. The van der Waals surface area contributed by atoms with E-state index in [1.165, 1.54) is 22.3 Å². The van der Waals surface area contributed by atoms with Gasteiger partial charge in [-0.15, -0.1) is 0 Å². The first-order valence-corrected chi connectivity index (χ1v) is 8.32. The van der Waals surface area contributed by atoms with E-state index < -0.39 is 0 Å². The first-order chi connectivity index (χ1) is 11.9. The number of hydrogen-bond donors (Lipinski definition) is 2. The summed E-state index contributed by atoms with van der Waals surface area (Å²) in [6.07, 6.45) is 6.57. The van der Waals surface area contributed by atoms with Gasteiger partial charge in [0.05, 0.1) is 0 Å². The van der Waals surface area contributed by atoms with Crippen molar-refractivity contribution >= 4 is 5.82 Å². The minimum Gasteiger partial charge on any atom is -0.370 e. The normalized spacial score (nSPS) is 16.2. The highest BCUT2D eigenvalue weighted by molar-refractivity contribution is 5.62. The van der Waals surface area contributed by atoms with Crippen LogP contribution in [0.5, 0.6) is 0 Å². The zero-order chi connectivity index (χ0) is 16.2. The van der Waals surface area contributed by atoms with Crippen molar-refractivity contribution in [2.45, 2.75) is 19.0 Å². The molecule has 0 radical (unpaired) electrons. The number of pyridine rings is 2. The van der Waals surface area contributed by atoms with Crippen molar-refractivity contribution in [2.24, 2.45) is 0 Å². The van der Waals surface area contributed by atoms with Crippen LogP contribution in [0, 0.1) is 0 Å². The molecule has 3 heterocycles. The molecule has 4 nitrogen and oxygen atoms in total. The number of aromatic nitrogens is 2. The number of rotatable bonds is 4.